The lowest BCUT2D eigenvalue weighted by Crippen LogP contribution is -2.40. The Balaban J connectivity index is 1.81. The fourth-order valence-electron chi connectivity index (χ4n) is 3.39. The monoisotopic (exact) mass is 287 g/mol. The first-order valence-corrected chi connectivity index (χ1v) is 7.27. The van der Waals surface area contributed by atoms with Crippen LogP contribution in [-0.4, -0.2) is 34.3 Å². The molecule has 1 heterocycles. The Labute approximate surface area is 122 Å². The van der Waals surface area contributed by atoms with Crippen LogP contribution in [0.5, 0.6) is 0 Å². The van der Waals surface area contributed by atoms with Gasteiger partial charge in [0.05, 0.1) is 17.0 Å². The molecule has 21 heavy (non-hydrogen) atoms. The first kappa shape index (κ1) is 13.8. The molecule has 1 saturated carbocycles. The molecule has 0 radical (unpaired) electrons. The number of amides is 2. The van der Waals surface area contributed by atoms with Gasteiger partial charge in [0.1, 0.15) is 0 Å². The second-order valence-electron chi connectivity index (χ2n) is 5.76. The number of carbonyl (C=O) groups excluding carboxylic acids is 2. The molecule has 5 heteroatoms. The van der Waals surface area contributed by atoms with Crippen molar-refractivity contribution in [1.29, 1.82) is 0 Å². The minimum absolute atomic E-state index is 0.140. The Morgan fingerprint density at radius 3 is 2.24 bits per heavy atom. The third-order valence-corrected chi connectivity index (χ3v) is 4.52. The zero-order valence-electron chi connectivity index (χ0n) is 11.6. The second-order valence-corrected chi connectivity index (χ2v) is 5.76. The van der Waals surface area contributed by atoms with Gasteiger partial charge in [0.25, 0.3) is 11.8 Å². The first-order chi connectivity index (χ1) is 10.1. The lowest BCUT2D eigenvalue weighted by molar-refractivity contribution is -0.145. The van der Waals surface area contributed by atoms with E-state index in [1.807, 2.05) is 0 Å². The quantitative estimate of drug-likeness (QED) is 0.865. The number of rotatable bonds is 3. The van der Waals surface area contributed by atoms with E-state index in [2.05, 4.69) is 0 Å². The highest BCUT2D eigenvalue weighted by atomic mass is 16.4. The summed E-state index contributed by atoms with van der Waals surface area (Å²) >= 11 is 0. The molecule has 1 aliphatic heterocycles. The molecule has 1 fully saturated rings. The minimum Gasteiger partial charge on any atom is -0.481 e. The van der Waals surface area contributed by atoms with E-state index in [4.69, 9.17) is 0 Å². The van der Waals surface area contributed by atoms with E-state index in [9.17, 15) is 19.5 Å². The molecule has 0 bridgehead atoms. The molecule has 1 aromatic carbocycles. The van der Waals surface area contributed by atoms with Gasteiger partial charge in [-0.05, 0) is 30.9 Å². The molecule has 0 aromatic heterocycles. The van der Waals surface area contributed by atoms with Crippen molar-refractivity contribution in [3.63, 3.8) is 0 Å². The van der Waals surface area contributed by atoms with Crippen LogP contribution in [0.25, 0.3) is 0 Å². The average molecular weight is 287 g/mol. The van der Waals surface area contributed by atoms with E-state index < -0.39 is 11.9 Å². The SMILES string of the molecule is O=C(O)C1CCCCC1CN1C(=O)c2ccccc2C1=O. The minimum atomic E-state index is -0.823. The summed E-state index contributed by atoms with van der Waals surface area (Å²) in [6.45, 7) is 0.212. The summed E-state index contributed by atoms with van der Waals surface area (Å²) in [6, 6.07) is 6.75. The van der Waals surface area contributed by atoms with Crippen molar-refractivity contribution in [2.45, 2.75) is 25.7 Å². The van der Waals surface area contributed by atoms with E-state index in [0.717, 1.165) is 19.3 Å². The van der Waals surface area contributed by atoms with Crippen molar-refractivity contribution in [3.05, 3.63) is 35.4 Å². The summed E-state index contributed by atoms with van der Waals surface area (Å²) in [6.07, 6.45) is 3.24. The summed E-state index contributed by atoms with van der Waals surface area (Å²) in [5.74, 6) is -2.02. The maximum Gasteiger partial charge on any atom is 0.306 e. The molecule has 1 aliphatic carbocycles. The zero-order valence-corrected chi connectivity index (χ0v) is 11.6. The van der Waals surface area contributed by atoms with E-state index in [-0.39, 0.29) is 24.3 Å². The van der Waals surface area contributed by atoms with Crippen LogP contribution in [0, 0.1) is 11.8 Å². The topological polar surface area (TPSA) is 74.7 Å². The smallest absolute Gasteiger partial charge is 0.306 e. The van der Waals surface area contributed by atoms with E-state index in [1.165, 1.54) is 4.90 Å². The van der Waals surface area contributed by atoms with Gasteiger partial charge in [-0.2, -0.15) is 0 Å². The van der Waals surface area contributed by atoms with Crippen LogP contribution in [0.15, 0.2) is 24.3 Å². The van der Waals surface area contributed by atoms with Gasteiger partial charge in [-0.15, -0.1) is 0 Å². The molecule has 0 saturated heterocycles. The van der Waals surface area contributed by atoms with Gasteiger partial charge in [-0.25, -0.2) is 0 Å². The Morgan fingerprint density at radius 2 is 1.67 bits per heavy atom. The normalized spacial score (nSPS) is 25.0. The van der Waals surface area contributed by atoms with Crippen molar-refractivity contribution >= 4 is 17.8 Å². The van der Waals surface area contributed by atoms with Gasteiger partial charge in [-0.1, -0.05) is 25.0 Å². The van der Waals surface area contributed by atoms with Crippen molar-refractivity contribution < 1.29 is 19.5 Å². The fourth-order valence-corrected chi connectivity index (χ4v) is 3.39. The summed E-state index contributed by atoms with van der Waals surface area (Å²) < 4.78 is 0. The standard InChI is InChI=1S/C16H17NO4/c18-14-12-7-3-4-8-13(12)15(19)17(14)9-10-5-1-2-6-11(10)16(20)21/h3-4,7-8,10-11H,1-2,5-6,9H2,(H,20,21). The van der Waals surface area contributed by atoms with Crippen LogP contribution in [0.4, 0.5) is 0 Å². The van der Waals surface area contributed by atoms with Crippen LogP contribution >= 0.6 is 0 Å². The van der Waals surface area contributed by atoms with Gasteiger partial charge in [0.15, 0.2) is 0 Å². The largest absolute Gasteiger partial charge is 0.481 e. The molecule has 5 nitrogen and oxygen atoms in total. The highest BCUT2D eigenvalue weighted by Crippen LogP contribution is 2.33. The van der Waals surface area contributed by atoms with Gasteiger partial charge < -0.3 is 5.11 Å². The summed E-state index contributed by atoms with van der Waals surface area (Å²) in [7, 11) is 0. The lowest BCUT2D eigenvalue weighted by Gasteiger charge is -2.31. The molecule has 110 valence electrons. The third-order valence-electron chi connectivity index (χ3n) is 4.52. The van der Waals surface area contributed by atoms with Gasteiger partial charge in [0.2, 0.25) is 0 Å². The van der Waals surface area contributed by atoms with Crippen molar-refractivity contribution in [1.82, 2.24) is 4.90 Å². The van der Waals surface area contributed by atoms with Crippen LogP contribution in [0.1, 0.15) is 46.4 Å². The van der Waals surface area contributed by atoms with E-state index in [0.29, 0.717) is 17.5 Å². The highest BCUT2D eigenvalue weighted by molar-refractivity contribution is 6.21. The summed E-state index contributed by atoms with van der Waals surface area (Å²) in [5, 5.41) is 9.30. The number of fused-ring (bicyclic) bond motifs is 1. The Bertz CT molecular complexity index is 575. The maximum atomic E-state index is 12.3. The number of hydrogen-bond donors (Lipinski definition) is 1. The molecule has 1 N–H and O–H groups in total. The number of aliphatic carboxylic acids is 1. The number of benzene rings is 1. The molecular weight excluding hydrogens is 270 g/mol. The van der Waals surface area contributed by atoms with E-state index >= 15 is 0 Å². The first-order valence-electron chi connectivity index (χ1n) is 7.27. The summed E-state index contributed by atoms with van der Waals surface area (Å²) in [5.41, 5.74) is 0.843. The Morgan fingerprint density at radius 1 is 1.10 bits per heavy atom. The summed E-state index contributed by atoms with van der Waals surface area (Å²) in [4.78, 5) is 37.2. The highest BCUT2D eigenvalue weighted by Gasteiger charge is 2.39. The number of imide groups is 1. The fraction of sp³-hybridized carbons (Fsp3) is 0.438. The number of carboxylic acid groups (broad SMARTS) is 1. The van der Waals surface area contributed by atoms with Crippen molar-refractivity contribution in [3.8, 4) is 0 Å². The third kappa shape index (κ3) is 2.33. The molecule has 2 atom stereocenters. The Hall–Kier alpha value is -2.17. The molecular formula is C16H17NO4. The van der Waals surface area contributed by atoms with Crippen LogP contribution in [0.3, 0.4) is 0 Å². The number of nitrogens with zero attached hydrogens (tertiary/aromatic N) is 1. The van der Waals surface area contributed by atoms with Gasteiger partial charge in [0, 0.05) is 6.54 Å². The molecule has 2 aliphatic rings. The number of carbonyl (C=O) groups is 3. The van der Waals surface area contributed by atoms with Crippen LogP contribution in [-0.2, 0) is 4.79 Å². The van der Waals surface area contributed by atoms with Crippen molar-refractivity contribution in [2.24, 2.45) is 11.8 Å². The van der Waals surface area contributed by atoms with Crippen molar-refractivity contribution in [2.75, 3.05) is 6.54 Å². The van der Waals surface area contributed by atoms with Crippen LogP contribution in [0.2, 0.25) is 0 Å². The molecule has 3 rings (SSSR count). The van der Waals surface area contributed by atoms with Gasteiger partial charge in [-0.3, -0.25) is 19.3 Å². The molecule has 1 aromatic rings. The van der Waals surface area contributed by atoms with Crippen LogP contribution < -0.4 is 0 Å². The lowest BCUT2D eigenvalue weighted by atomic mass is 9.79. The second kappa shape index (κ2) is 5.31. The van der Waals surface area contributed by atoms with Gasteiger partial charge >= 0.3 is 5.97 Å². The predicted molar refractivity (Wildman–Crippen MR) is 74.9 cm³/mol. The predicted octanol–water partition coefficient (Wildman–Crippen LogP) is 2.17. The maximum absolute atomic E-state index is 12.3. The van der Waals surface area contributed by atoms with E-state index in [1.54, 1.807) is 24.3 Å². The average Bonchev–Trinajstić information content (AvgIpc) is 2.73. The molecule has 2 unspecified atom stereocenters. The zero-order chi connectivity index (χ0) is 15.0. The molecule has 2 amide bonds. The Kier molecular flexibility index (Phi) is 3.49. The number of hydrogen-bond acceptors (Lipinski definition) is 3. The molecule has 0 spiro atoms. The number of carboxylic acids is 1.